The van der Waals surface area contributed by atoms with Crippen LogP contribution in [0.25, 0.3) is 5.69 Å². The van der Waals surface area contributed by atoms with Crippen molar-refractivity contribution in [2.45, 2.75) is 0 Å². The average Bonchev–Trinajstić information content (AvgIpc) is 3.13. The van der Waals surface area contributed by atoms with Crippen molar-refractivity contribution in [2.75, 3.05) is 19.5 Å². The highest BCUT2D eigenvalue weighted by molar-refractivity contribution is 6.03. The maximum atomic E-state index is 12.3. The number of carbonyl (C=O) groups excluding carboxylic acids is 1. The van der Waals surface area contributed by atoms with E-state index >= 15 is 0 Å². The second-order valence-corrected chi connectivity index (χ2v) is 4.59. The molecular weight excluding hydrogens is 312 g/mol. The molecule has 1 amide bonds. The first-order valence-electron chi connectivity index (χ1n) is 6.95. The Balaban J connectivity index is 1.80. The number of anilines is 1. The van der Waals surface area contributed by atoms with Crippen molar-refractivity contribution in [2.24, 2.45) is 0 Å². The number of para-hydroxylation sites is 1. The number of nitrogens with zero attached hydrogens (tertiary/aromatic N) is 5. The fraction of sp³-hybridized carbons (Fsp3) is 0.133. The minimum atomic E-state index is -0.454. The van der Waals surface area contributed by atoms with E-state index in [1.54, 1.807) is 0 Å². The molecule has 9 heteroatoms. The van der Waals surface area contributed by atoms with Crippen molar-refractivity contribution in [1.82, 2.24) is 25.0 Å². The first-order chi connectivity index (χ1) is 11.7. The first-order valence-corrected chi connectivity index (χ1v) is 6.95. The number of ether oxygens (including phenoxy) is 2. The van der Waals surface area contributed by atoms with Crippen LogP contribution in [0.4, 0.5) is 5.69 Å². The lowest BCUT2D eigenvalue weighted by atomic mass is 10.3. The number of methoxy groups -OCH3 is 2. The van der Waals surface area contributed by atoms with Gasteiger partial charge in [0, 0.05) is 0 Å². The second-order valence-electron chi connectivity index (χ2n) is 4.59. The third-order valence-electron chi connectivity index (χ3n) is 3.07. The zero-order valence-corrected chi connectivity index (χ0v) is 13.0. The molecule has 0 bridgehead atoms. The summed E-state index contributed by atoms with van der Waals surface area (Å²) in [6.45, 7) is 0. The summed E-state index contributed by atoms with van der Waals surface area (Å²) in [6.07, 6.45) is 2.77. The monoisotopic (exact) mass is 326 g/mol. The zero-order chi connectivity index (χ0) is 16.9. The van der Waals surface area contributed by atoms with Crippen LogP contribution in [0.3, 0.4) is 0 Å². The molecule has 2 aromatic heterocycles. The van der Waals surface area contributed by atoms with Crippen molar-refractivity contribution < 1.29 is 14.3 Å². The summed E-state index contributed by atoms with van der Waals surface area (Å²) in [7, 11) is 2.87. The molecule has 0 aliphatic carbocycles. The molecule has 0 spiro atoms. The minimum Gasteiger partial charge on any atom is -0.479 e. The zero-order valence-electron chi connectivity index (χ0n) is 13.0. The van der Waals surface area contributed by atoms with Crippen LogP contribution in [0.1, 0.15) is 10.5 Å². The average molecular weight is 326 g/mol. The van der Waals surface area contributed by atoms with Gasteiger partial charge in [-0.1, -0.05) is 18.2 Å². The van der Waals surface area contributed by atoms with Crippen molar-refractivity contribution in [3.8, 4) is 17.6 Å². The summed E-state index contributed by atoms with van der Waals surface area (Å²) in [5, 5.41) is 10.9. The topological polar surface area (TPSA) is 104 Å². The molecule has 0 fully saturated rings. The van der Waals surface area contributed by atoms with E-state index in [9.17, 15) is 4.79 Å². The van der Waals surface area contributed by atoms with Crippen LogP contribution in [0.5, 0.6) is 11.9 Å². The Morgan fingerprint density at radius 3 is 2.62 bits per heavy atom. The van der Waals surface area contributed by atoms with Crippen LogP contribution >= 0.6 is 0 Å². The molecule has 2 heterocycles. The number of nitrogens with one attached hydrogen (secondary N) is 1. The summed E-state index contributed by atoms with van der Waals surface area (Å²) in [5.74, 6) is -0.269. The van der Waals surface area contributed by atoms with E-state index in [0.717, 1.165) is 5.69 Å². The molecular formula is C15H14N6O3. The number of aromatic nitrogens is 5. The lowest BCUT2D eigenvalue weighted by molar-refractivity contribution is 0.102. The maximum Gasteiger partial charge on any atom is 0.319 e. The number of amides is 1. The summed E-state index contributed by atoms with van der Waals surface area (Å²) in [6, 6.07) is 9.41. The smallest absolute Gasteiger partial charge is 0.319 e. The van der Waals surface area contributed by atoms with Crippen molar-refractivity contribution in [3.05, 3.63) is 48.4 Å². The van der Waals surface area contributed by atoms with Crippen molar-refractivity contribution in [1.29, 1.82) is 0 Å². The van der Waals surface area contributed by atoms with Gasteiger partial charge in [-0.15, -0.1) is 5.10 Å². The molecule has 1 N–H and O–H groups in total. The van der Waals surface area contributed by atoms with E-state index in [0.29, 0.717) is 5.69 Å². The van der Waals surface area contributed by atoms with E-state index < -0.39 is 5.91 Å². The van der Waals surface area contributed by atoms with Gasteiger partial charge in [-0.05, 0) is 12.1 Å². The molecule has 9 nitrogen and oxygen atoms in total. The molecule has 0 radical (unpaired) electrons. The second kappa shape index (κ2) is 6.73. The van der Waals surface area contributed by atoms with Crippen LogP contribution < -0.4 is 14.8 Å². The summed E-state index contributed by atoms with van der Waals surface area (Å²) in [4.78, 5) is 21.6. The highest BCUT2D eigenvalue weighted by atomic mass is 16.5. The number of hydrogen-bond acceptors (Lipinski definition) is 7. The SMILES string of the molecule is COc1ncc(NC(=O)c2cnn(-c3ccccc3)n2)c(OC)n1. The third kappa shape index (κ3) is 3.14. The van der Waals surface area contributed by atoms with E-state index in [1.807, 2.05) is 30.3 Å². The molecule has 0 atom stereocenters. The Labute approximate surface area is 137 Å². The summed E-state index contributed by atoms with van der Waals surface area (Å²) in [5.41, 5.74) is 1.20. The lowest BCUT2D eigenvalue weighted by Crippen LogP contribution is -2.14. The summed E-state index contributed by atoms with van der Waals surface area (Å²) < 4.78 is 10.0. The van der Waals surface area contributed by atoms with Gasteiger partial charge in [-0.3, -0.25) is 4.79 Å². The number of benzene rings is 1. The van der Waals surface area contributed by atoms with Gasteiger partial charge in [0.15, 0.2) is 5.69 Å². The number of rotatable bonds is 5. The van der Waals surface area contributed by atoms with Crippen molar-refractivity contribution in [3.63, 3.8) is 0 Å². The highest BCUT2D eigenvalue weighted by Gasteiger charge is 2.16. The van der Waals surface area contributed by atoms with Crippen molar-refractivity contribution >= 4 is 11.6 Å². The molecule has 3 aromatic rings. The molecule has 0 aliphatic rings. The minimum absolute atomic E-state index is 0.139. The Hall–Kier alpha value is -3.49. The van der Waals surface area contributed by atoms with E-state index in [1.165, 1.54) is 31.4 Å². The van der Waals surface area contributed by atoms with Gasteiger partial charge in [0.05, 0.1) is 32.3 Å². The number of hydrogen-bond donors (Lipinski definition) is 1. The van der Waals surface area contributed by atoms with Crippen LogP contribution in [0.15, 0.2) is 42.7 Å². The molecule has 0 saturated carbocycles. The predicted molar refractivity (Wildman–Crippen MR) is 84.4 cm³/mol. The van der Waals surface area contributed by atoms with E-state index in [4.69, 9.17) is 9.47 Å². The molecule has 122 valence electrons. The van der Waals surface area contributed by atoms with Gasteiger partial charge >= 0.3 is 6.01 Å². The molecule has 0 unspecified atom stereocenters. The van der Waals surface area contributed by atoms with Crippen LogP contribution in [-0.4, -0.2) is 45.1 Å². The maximum absolute atomic E-state index is 12.3. The quantitative estimate of drug-likeness (QED) is 0.754. The molecule has 1 aromatic carbocycles. The van der Waals surface area contributed by atoms with Crippen LogP contribution in [0, 0.1) is 0 Å². The predicted octanol–water partition coefficient (Wildman–Crippen LogP) is 1.33. The Morgan fingerprint density at radius 1 is 1.12 bits per heavy atom. The lowest BCUT2D eigenvalue weighted by Gasteiger charge is -2.08. The van der Waals surface area contributed by atoms with Gasteiger partial charge in [0.2, 0.25) is 5.88 Å². The van der Waals surface area contributed by atoms with Gasteiger partial charge in [0.25, 0.3) is 5.91 Å². The van der Waals surface area contributed by atoms with Crippen LogP contribution in [-0.2, 0) is 0 Å². The fourth-order valence-corrected chi connectivity index (χ4v) is 1.93. The third-order valence-corrected chi connectivity index (χ3v) is 3.07. The Bertz CT molecular complexity index is 849. The molecule has 0 aliphatic heterocycles. The van der Waals surface area contributed by atoms with Gasteiger partial charge in [-0.2, -0.15) is 14.9 Å². The van der Waals surface area contributed by atoms with Gasteiger partial charge in [0.1, 0.15) is 5.69 Å². The van der Waals surface area contributed by atoms with Gasteiger partial charge < -0.3 is 14.8 Å². The van der Waals surface area contributed by atoms with E-state index in [2.05, 4.69) is 25.5 Å². The Morgan fingerprint density at radius 2 is 1.92 bits per heavy atom. The standard InChI is InChI=1S/C15H14N6O3/c1-23-14-12(8-16-15(19-14)24-2)18-13(22)11-9-17-21(20-11)10-6-4-3-5-7-10/h3-9H,1-2H3,(H,18,22). The van der Waals surface area contributed by atoms with E-state index in [-0.39, 0.29) is 17.6 Å². The normalized spacial score (nSPS) is 10.2. The molecule has 24 heavy (non-hydrogen) atoms. The number of carbonyl (C=O) groups is 1. The van der Waals surface area contributed by atoms with Crippen LogP contribution in [0.2, 0.25) is 0 Å². The molecule has 0 saturated heterocycles. The fourth-order valence-electron chi connectivity index (χ4n) is 1.93. The summed E-state index contributed by atoms with van der Waals surface area (Å²) >= 11 is 0. The van der Waals surface area contributed by atoms with Gasteiger partial charge in [-0.25, -0.2) is 4.98 Å². The first kappa shape index (κ1) is 15.4. The largest absolute Gasteiger partial charge is 0.479 e. The highest BCUT2D eigenvalue weighted by Crippen LogP contribution is 2.22. The Kier molecular flexibility index (Phi) is 4.32. The molecule has 3 rings (SSSR count).